The Morgan fingerprint density at radius 2 is 1.74 bits per heavy atom. The Morgan fingerprint density at radius 1 is 1.00 bits per heavy atom. The van der Waals surface area contributed by atoms with Crippen LogP contribution in [-0.2, 0) is 11.2 Å². The number of hydrogen-bond acceptors (Lipinski definition) is 12. The molecule has 6 rings (SSSR count). The van der Waals surface area contributed by atoms with Crippen molar-refractivity contribution in [2.24, 2.45) is 0 Å². The number of aromatic nitrogens is 6. The minimum Gasteiger partial charge on any atom is -0.378 e. The van der Waals surface area contributed by atoms with E-state index in [2.05, 4.69) is 46.9 Å². The van der Waals surface area contributed by atoms with Crippen molar-refractivity contribution in [3.05, 3.63) is 66.2 Å². The molecule has 43 heavy (non-hydrogen) atoms. The zero-order valence-corrected chi connectivity index (χ0v) is 24.2. The third-order valence-corrected chi connectivity index (χ3v) is 7.49. The first kappa shape index (κ1) is 28.2. The maximum Gasteiger partial charge on any atom is 0.251 e. The van der Waals surface area contributed by atoms with Crippen LogP contribution in [0.15, 0.2) is 55.1 Å². The van der Waals surface area contributed by atoms with Crippen molar-refractivity contribution in [3.8, 4) is 11.3 Å². The van der Waals surface area contributed by atoms with Gasteiger partial charge in [0, 0.05) is 86.4 Å². The zero-order valence-electron chi connectivity index (χ0n) is 24.2. The molecule has 2 aliphatic rings. The van der Waals surface area contributed by atoms with Gasteiger partial charge in [0.05, 0.1) is 18.9 Å². The van der Waals surface area contributed by atoms with Gasteiger partial charge in [-0.15, -0.1) is 0 Å². The van der Waals surface area contributed by atoms with Crippen LogP contribution < -0.4 is 25.8 Å². The number of nitrogens with two attached hydrogens (primary N) is 1. The summed E-state index contributed by atoms with van der Waals surface area (Å²) in [6.45, 7) is 7.46. The summed E-state index contributed by atoms with van der Waals surface area (Å²) < 4.78 is 5.55. The fraction of sp³-hybridized carbons (Fsp3) is 0.367. The second-order valence-electron chi connectivity index (χ2n) is 10.3. The van der Waals surface area contributed by atoms with Crippen LogP contribution in [0, 0.1) is 0 Å². The van der Waals surface area contributed by atoms with Crippen LogP contribution in [-0.4, -0.2) is 88.3 Å². The van der Waals surface area contributed by atoms with Crippen molar-refractivity contribution in [1.29, 1.82) is 0 Å². The summed E-state index contributed by atoms with van der Waals surface area (Å²) in [6.07, 6.45) is 8.59. The van der Waals surface area contributed by atoms with Crippen LogP contribution in [0.5, 0.6) is 0 Å². The minimum atomic E-state index is -0.124. The molecule has 222 valence electrons. The highest BCUT2D eigenvalue weighted by molar-refractivity contribution is 5.94. The summed E-state index contributed by atoms with van der Waals surface area (Å²) in [5.41, 5.74) is 9.94. The maximum atomic E-state index is 13.0. The van der Waals surface area contributed by atoms with Gasteiger partial charge in [0.1, 0.15) is 5.82 Å². The van der Waals surface area contributed by atoms with Gasteiger partial charge >= 0.3 is 0 Å². The predicted octanol–water partition coefficient (Wildman–Crippen LogP) is 2.48. The molecule has 1 amide bonds. The van der Waals surface area contributed by atoms with E-state index in [4.69, 9.17) is 20.4 Å². The zero-order chi connectivity index (χ0) is 29.6. The summed E-state index contributed by atoms with van der Waals surface area (Å²) >= 11 is 0. The van der Waals surface area contributed by atoms with Crippen molar-refractivity contribution in [2.75, 3.05) is 72.9 Å². The molecule has 0 saturated carbocycles. The molecule has 0 radical (unpaired) electrons. The number of amides is 1. The topological polar surface area (TPSA) is 151 Å². The molecule has 1 fully saturated rings. The van der Waals surface area contributed by atoms with Crippen molar-refractivity contribution in [1.82, 2.24) is 35.2 Å². The lowest BCUT2D eigenvalue weighted by molar-refractivity contribution is 0.0954. The largest absolute Gasteiger partial charge is 0.378 e. The number of fused-ring (bicyclic) bond motifs is 1. The molecule has 13 heteroatoms. The van der Waals surface area contributed by atoms with Gasteiger partial charge in [0.15, 0.2) is 0 Å². The predicted molar refractivity (Wildman–Crippen MR) is 165 cm³/mol. The van der Waals surface area contributed by atoms with E-state index < -0.39 is 0 Å². The number of nitrogens with one attached hydrogen (secondary N) is 1. The molecule has 1 aromatic carbocycles. The van der Waals surface area contributed by atoms with Gasteiger partial charge in [0.25, 0.3) is 5.91 Å². The lowest BCUT2D eigenvalue weighted by Gasteiger charge is -2.28. The van der Waals surface area contributed by atoms with Gasteiger partial charge in [-0.2, -0.15) is 4.98 Å². The third kappa shape index (κ3) is 6.31. The SMILES string of the molecule is CCCN(CCNC(=O)c1ccc(N2CCc3c(-c4cnc(N)nc4)nc(N4CCOCC4)nc32)cc1)c1ncccn1. The van der Waals surface area contributed by atoms with Crippen molar-refractivity contribution >= 4 is 35.3 Å². The fourth-order valence-corrected chi connectivity index (χ4v) is 5.33. The quantitative estimate of drug-likeness (QED) is 0.283. The lowest BCUT2D eigenvalue weighted by atomic mass is 10.1. The first-order chi connectivity index (χ1) is 21.1. The molecule has 4 aromatic rings. The maximum absolute atomic E-state index is 13.0. The van der Waals surface area contributed by atoms with Crippen molar-refractivity contribution in [2.45, 2.75) is 19.8 Å². The summed E-state index contributed by atoms with van der Waals surface area (Å²) in [6, 6.07) is 9.43. The lowest BCUT2D eigenvalue weighted by Crippen LogP contribution is -2.37. The van der Waals surface area contributed by atoms with E-state index in [0.29, 0.717) is 43.8 Å². The van der Waals surface area contributed by atoms with Crippen LogP contribution >= 0.6 is 0 Å². The average molecular weight is 582 g/mol. The van der Waals surface area contributed by atoms with E-state index in [9.17, 15) is 4.79 Å². The molecule has 3 aromatic heterocycles. The fourth-order valence-electron chi connectivity index (χ4n) is 5.33. The Morgan fingerprint density at radius 3 is 2.47 bits per heavy atom. The van der Waals surface area contributed by atoms with Gasteiger partial charge in [-0.25, -0.2) is 24.9 Å². The van der Waals surface area contributed by atoms with Crippen molar-refractivity contribution < 1.29 is 9.53 Å². The Balaban J connectivity index is 1.19. The van der Waals surface area contributed by atoms with Crippen LogP contribution in [0.2, 0.25) is 0 Å². The Bertz CT molecular complexity index is 1530. The number of nitrogens with zero attached hydrogens (tertiary/aromatic N) is 9. The summed E-state index contributed by atoms with van der Waals surface area (Å²) in [7, 11) is 0. The van der Waals surface area contributed by atoms with Crippen molar-refractivity contribution in [3.63, 3.8) is 0 Å². The molecule has 0 spiro atoms. The van der Waals surface area contributed by atoms with Crippen LogP contribution in [0.3, 0.4) is 0 Å². The number of morpholine rings is 1. The highest BCUT2D eigenvalue weighted by Gasteiger charge is 2.29. The van der Waals surface area contributed by atoms with E-state index >= 15 is 0 Å². The Hall–Kier alpha value is -4.91. The summed E-state index contributed by atoms with van der Waals surface area (Å²) in [5, 5.41) is 3.03. The first-order valence-electron chi connectivity index (χ1n) is 14.6. The molecule has 5 heterocycles. The van der Waals surface area contributed by atoms with E-state index in [1.54, 1.807) is 30.9 Å². The summed E-state index contributed by atoms with van der Waals surface area (Å²) in [5.74, 6) is 2.26. The second-order valence-corrected chi connectivity index (χ2v) is 10.3. The molecule has 0 bridgehead atoms. The average Bonchev–Trinajstić information content (AvgIpc) is 3.49. The third-order valence-electron chi connectivity index (χ3n) is 7.49. The van der Waals surface area contributed by atoms with Gasteiger partial charge < -0.3 is 30.5 Å². The van der Waals surface area contributed by atoms with Crippen LogP contribution in [0.25, 0.3) is 11.3 Å². The highest BCUT2D eigenvalue weighted by atomic mass is 16.5. The Kier molecular flexibility index (Phi) is 8.50. The number of anilines is 5. The van der Waals surface area contributed by atoms with Gasteiger partial charge in [-0.1, -0.05) is 6.92 Å². The standard InChI is InChI=1S/C30H35N11O2/c1-2-12-39(29-33-9-3-10-34-29)14-11-32-27(42)21-4-6-23(7-5-21)41-13-8-24-25(22-19-35-28(31)36-20-22)37-30(38-26(24)41)40-15-17-43-18-16-40/h3-7,9-10,19-20H,2,8,11-18H2,1H3,(H,32,42)(H2,31,35,36). The van der Waals surface area contributed by atoms with Crippen LogP contribution in [0.1, 0.15) is 29.3 Å². The Labute approximate surface area is 250 Å². The second kappa shape index (κ2) is 12.9. The number of carbonyl (C=O) groups is 1. The number of benzene rings is 1. The smallest absolute Gasteiger partial charge is 0.251 e. The number of ether oxygens (including phenoxy) is 1. The monoisotopic (exact) mass is 581 g/mol. The first-order valence-corrected chi connectivity index (χ1v) is 14.6. The van der Waals surface area contributed by atoms with Crippen LogP contribution in [0.4, 0.5) is 29.4 Å². The highest BCUT2D eigenvalue weighted by Crippen LogP contribution is 2.39. The molecule has 0 atom stereocenters. The normalized spacial score (nSPS) is 14.4. The molecular weight excluding hydrogens is 546 g/mol. The van der Waals surface area contributed by atoms with E-state index in [-0.39, 0.29) is 11.9 Å². The van der Waals surface area contributed by atoms with Gasteiger partial charge in [-0.3, -0.25) is 4.79 Å². The molecular formula is C30H35N11O2. The summed E-state index contributed by atoms with van der Waals surface area (Å²) in [4.78, 5) is 46.4. The van der Waals surface area contributed by atoms with Gasteiger partial charge in [0.2, 0.25) is 17.8 Å². The van der Waals surface area contributed by atoms with E-state index in [1.165, 1.54) is 0 Å². The molecule has 2 aliphatic heterocycles. The molecule has 13 nitrogen and oxygen atoms in total. The van der Waals surface area contributed by atoms with E-state index in [0.717, 1.165) is 67.3 Å². The number of rotatable bonds is 10. The number of carbonyl (C=O) groups excluding carboxylic acids is 1. The van der Waals surface area contributed by atoms with E-state index in [1.807, 2.05) is 24.3 Å². The molecule has 1 saturated heterocycles. The molecule has 0 aliphatic carbocycles. The molecule has 3 N–H and O–H groups in total. The van der Waals surface area contributed by atoms with Gasteiger partial charge in [-0.05, 0) is 43.2 Å². The molecule has 0 unspecified atom stereocenters. The minimum absolute atomic E-state index is 0.124. The number of nitrogen functional groups attached to an aromatic ring is 1. The number of hydrogen-bond donors (Lipinski definition) is 2.